The minimum atomic E-state index is 0.345. The molecule has 1 heterocycles. The average Bonchev–Trinajstić information content (AvgIpc) is 2.51. The Labute approximate surface area is 123 Å². The topological polar surface area (TPSA) is 91.5 Å². The van der Waals surface area contributed by atoms with E-state index in [0.29, 0.717) is 41.2 Å². The van der Waals surface area contributed by atoms with E-state index in [-0.39, 0.29) is 0 Å². The molecule has 21 heavy (non-hydrogen) atoms. The molecule has 7 heteroatoms. The second-order valence-corrected chi connectivity index (χ2v) is 4.07. The van der Waals surface area contributed by atoms with Crippen LogP contribution < -0.4 is 25.3 Å². The highest BCUT2D eigenvalue weighted by molar-refractivity contribution is 5.75. The molecule has 2 aromatic rings. The van der Waals surface area contributed by atoms with Crippen LogP contribution in [0.2, 0.25) is 0 Å². The zero-order chi connectivity index (χ0) is 15.2. The van der Waals surface area contributed by atoms with Crippen molar-refractivity contribution < 1.29 is 14.2 Å². The largest absolute Gasteiger partial charge is 0.497 e. The van der Waals surface area contributed by atoms with E-state index in [2.05, 4.69) is 15.3 Å². The van der Waals surface area contributed by atoms with Crippen molar-refractivity contribution in [3.05, 3.63) is 24.5 Å². The molecule has 112 valence electrons. The Morgan fingerprint density at radius 1 is 1.19 bits per heavy atom. The minimum absolute atomic E-state index is 0.345. The van der Waals surface area contributed by atoms with E-state index in [1.165, 1.54) is 6.33 Å². The van der Waals surface area contributed by atoms with Gasteiger partial charge in [-0.2, -0.15) is 4.98 Å². The van der Waals surface area contributed by atoms with Gasteiger partial charge >= 0.3 is 0 Å². The van der Waals surface area contributed by atoms with Crippen molar-refractivity contribution in [1.29, 1.82) is 0 Å². The number of hydrogen-bond donors (Lipinski definition) is 2. The van der Waals surface area contributed by atoms with Crippen molar-refractivity contribution in [1.82, 2.24) is 9.97 Å². The van der Waals surface area contributed by atoms with Crippen LogP contribution >= 0.6 is 0 Å². The molecule has 0 spiro atoms. The third-order valence-electron chi connectivity index (χ3n) is 2.79. The van der Waals surface area contributed by atoms with Crippen LogP contribution in [-0.4, -0.2) is 30.8 Å². The molecule has 0 aliphatic carbocycles. The van der Waals surface area contributed by atoms with Crippen molar-refractivity contribution >= 4 is 17.2 Å². The zero-order valence-corrected chi connectivity index (χ0v) is 12.2. The number of nitrogens with zero attached hydrogens (tertiary/aromatic N) is 2. The van der Waals surface area contributed by atoms with Crippen molar-refractivity contribution in [2.75, 3.05) is 31.9 Å². The summed E-state index contributed by atoms with van der Waals surface area (Å²) in [6.07, 6.45) is 1.39. The van der Waals surface area contributed by atoms with Crippen LogP contribution in [0.25, 0.3) is 0 Å². The monoisotopic (exact) mass is 290 g/mol. The maximum absolute atomic E-state index is 5.99. The van der Waals surface area contributed by atoms with Crippen molar-refractivity contribution in [3.8, 4) is 17.4 Å². The first kappa shape index (κ1) is 14.7. The molecule has 0 radical (unpaired) electrons. The fraction of sp³-hybridized carbons (Fsp3) is 0.286. The van der Waals surface area contributed by atoms with Gasteiger partial charge in [-0.05, 0) is 19.1 Å². The molecule has 0 atom stereocenters. The number of methoxy groups -OCH3 is 2. The van der Waals surface area contributed by atoms with Gasteiger partial charge in [0.05, 0.1) is 26.5 Å². The summed E-state index contributed by atoms with van der Waals surface area (Å²) < 4.78 is 15.8. The van der Waals surface area contributed by atoms with Crippen LogP contribution in [0.1, 0.15) is 6.92 Å². The predicted molar refractivity (Wildman–Crippen MR) is 80.4 cm³/mol. The number of hydrogen-bond acceptors (Lipinski definition) is 7. The van der Waals surface area contributed by atoms with Crippen LogP contribution in [0.3, 0.4) is 0 Å². The maximum Gasteiger partial charge on any atom is 0.242 e. The van der Waals surface area contributed by atoms with Gasteiger partial charge in [0, 0.05) is 6.07 Å². The van der Waals surface area contributed by atoms with Gasteiger partial charge in [0.25, 0.3) is 0 Å². The predicted octanol–water partition coefficient (Wildman–Crippen LogP) is 2.22. The molecule has 0 bridgehead atoms. The number of rotatable bonds is 6. The maximum atomic E-state index is 5.99. The molecule has 0 amide bonds. The number of aromatic nitrogens is 2. The summed E-state index contributed by atoms with van der Waals surface area (Å²) in [7, 11) is 3.17. The Morgan fingerprint density at radius 3 is 2.67 bits per heavy atom. The quantitative estimate of drug-likeness (QED) is 0.842. The highest BCUT2D eigenvalue weighted by Crippen LogP contribution is 2.34. The number of anilines is 3. The van der Waals surface area contributed by atoms with Gasteiger partial charge < -0.3 is 25.3 Å². The lowest BCUT2D eigenvalue weighted by molar-refractivity contribution is 0.328. The van der Waals surface area contributed by atoms with Crippen molar-refractivity contribution in [2.24, 2.45) is 0 Å². The van der Waals surface area contributed by atoms with E-state index < -0.39 is 0 Å². The Hall–Kier alpha value is -2.70. The summed E-state index contributed by atoms with van der Waals surface area (Å²) in [6.45, 7) is 2.34. The SMILES string of the molecule is CCOc1ncnc(Nc2ccc(OC)cc2OC)c1N. The first-order valence-electron chi connectivity index (χ1n) is 6.41. The van der Waals surface area contributed by atoms with E-state index in [1.807, 2.05) is 19.1 Å². The molecule has 0 fully saturated rings. The molecule has 7 nitrogen and oxygen atoms in total. The summed E-state index contributed by atoms with van der Waals surface area (Å²) in [4.78, 5) is 8.11. The van der Waals surface area contributed by atoms with E-state index >= 15 is 0 Å². The fourth-order valence-electron chi connectivity index (χ4n) is 1.76. The molecule has 0 saturated carbocycles. The van der Waals surface area contributed by atoms with E-state index in [4.69, 9.17) is 19.9 Å². The molecule has 1 aromatic carbocycles. The van der Waals surface area contributed by atoms with Gasteiger partial charge in [-0.1, -0.05) is 0 Å². The lowest BCUT2D eigenvalue weighted by Crippen LogP contribution is -2.05. The lowest BCUT2D eigenvalue weighted by Gasteiger charge is -2.14. The highest BCUT2D eigenvalue weighted by atomic mass is 16.5. The van der Waals surface area contributed by atoms with Gasteiger partial charge in [0.1, 0.15) is 23.5 Å². The Kier molecular flexibility index (Phi) is 4.65. The number of benzene rings is 1. The summed E-state index contributed by atoms with van der Waals surface area (Å²) in [5.41, 5.74) is 7.05. The normalized spacial score (nSPS) is 10.0. The number of nitrogens with two attached hydrogens (primary N) is 1. The second kappa shape index (κ2) is 6.65. The molecule has 0 aliphatic rings. The van der Waals surface area contributed by atoms with Gasteiger partial charge in [-0.3, -0.25) is 0 Å². The van der Waals surface area contributed by atoms with Gasteiger partial charge in [-0.15, -0.1) is 0 Å². The molecular formula is C14H18N4O3. The van der Waals surface area contributed by atoms with Crippen molar-refractivity contribution in [2.45, 2.75) is 6.92 Å². The van der Waals surface area contributed by atoms with Gasteiger partial charge in [0.2, 0.25) is 5.88 Å². The molecule has 1 aromatic heterocycles. The van der Waals surface area contributed by atoms with E-state index in [0.717, 1.165) is 0 Å². The number of nitrogens with one attached hydrogen (secondary N) is 1. The van der Waals surface area contributed by atoms with E-state index in [9.17, 15) is 0 Å². The smallest absolute Gasteiger partial charge is 0.242 e. The summed E-state index contributed by atoms with van der Waals surface area (Å²) in [6, 6.07) is 5.40. The Morgan fingerprint density at radius 2 is 2.00 bits per heavy atom. The average molecular weight is 290 g/mol. The number of nitrogen functional groups attached to an aromatic ring is 1. The van der Waals surface area contributed by atoms with Crippen LogP contribution in [0.15, 0.2) is 24.5 Å². The fourth-order valence-corrected chi connectivity index (χ4v) is 1.76. The van der Waals surface area contributed by atoms with Crippen LogP contribution in [0, 0.1) is 0 Å². The zero-order valence-electron chi connectivity index (χ0n) is 12.2. The second-order valence-electron chi connectivity index (χ2n) is 4.07. The van der Waals surface area contributed by atoms with Crippen LogP contribution in [-0.2, 0) is 0 Å². The van der Waals surface area contributed by atoms with E-state index in [1.54, 1.807) is 20.3 Å². The standard InChI is InChI=1S/C14H18N4O3/c1-4-21-14-12(15)13(16-8-17-14)18-10-6-5-9(19-2)7-11(10)20-3/h5-8H,4,15H2,1-3H3,(H,16,17,18). The highest BCUT2D eigenvalue weighted by Gasteiger charge is 2.12. The third kappa shape index (κ3) is 3.25. The first-order valence-corrected chi connectivity index (χ1v) is 6.41. The van der Waals surface area contributed by atoms with Gasteiger partial charge in [0.15, 0.2) is 5.82 Å². The van der Waals surface area contributed by atoms with Crippen LogP contribution in [0.4, 0.5) is 17.2 Å². The summed E-state index contributed by atoms with van der Waals surface area (Å²) >= 11 is 0. The number of ether oxygens (including phenoxy) is 3. The Bertz CT molecular complexity index is 619. The lowest BCUT2D eigenvalue weighted by atomic mass is 10.2. The van der Waals surface area contributed by atoms with Crippen molar-refractivity contribution in [3.63, 3.8) is 0 Å². The Balaban J connectivity index is 2.32. The molecular weight excluding hydrogens is 272 g/mol. The van der Waals surface area contributed by atoms with Gasteiger partial charge in [-0.25, -0.2) is 4.98 Å². The summed E-state index contributed by atoms with van der Waals surface area (Å²) in [5, 5.41) is 3.11. The molecule has 0 saturated heterocycles. The minimum Gasteiger partial charge on any atom is -0.497 e. The third-order valence-corrected chi connectivity index (χ3v) is 2.79. The summed E-state index contributed by atoms with van der Waals surface area (Å²) in [5.74, 6) is 2.12. The van der Waals surface area contributed by atoms with Crippen LogP contribution in [0.5, 0.6) is 17.4 Å². The first-order chi connectivity index (χ1) is 10.2. The molecule has 0 unspecified atom stereocenters. The molecule has 3 N–H and O–H groups in total. The molecule has 0 aliphatic heterocycles. The molecule has 2 rings (SSSR count).